The summed E-state index contributed by atoms with van der Waals surface area (Å²) >= 11 is 1.33. The van der Waals surface area contributed by atoms with E-state index in [1.54, 1.807) is 29.8 Å². The molecular formula is C22H19N3O3S. The lowest BCUT2D eigenvalue weighted by molar-refractivity contribution is 0.102. The minimum absolute atomic E-state index is 0.0773. The molecule has 0 saturated heterocycles. The maximum Gasteiger partial charge on any atom is 0.262 e. The Hall–Kier alpha value is -3.45. The molecule has 29 heavy (non-hydrogen) atoms. The van der Waals surface area contributed by atoms with E-state index >= 15 is 0 Å². The fourth-order valence-corrected chi connectivity index (χ4v) is 3.38. The van der Waals surface area contributed by atoms with Crippen LogP contribution in [0.15, 0.2) is 69.5 Å². The summed E-state index contributed by atoms with van der Waals surface area (Å²) in [5, 5.41) is 15.5. The van der Waals surface area contributed by atoms with Gasteiger partial charge in [0.05, 0.1) is 5.69 Å². The standard InChI is InChI=1S/C22H19N3O3S/c1-13(2)14-3-6-16(7-4-14)24-21-18(20(27)25-22-23-9-10-29-22)11-15-5-8-17(26)12-19(15)28-21/h3-13,26H,1-2H3,(H,23,25,27). The SMILES string of the molecule is CC(C)c1ccc(N=c2oc3cc(O)ccc3cc2C(=O)Nc2nccs2)cc1. The first-order chi connectivity index (χ1) is 14.0. The van der Waals surface area contributed by atoms with Gasteiger partial charge in [-0.25, -0.2) is 9.98 Å². The van der Waals surface area contributed by atoms with Crippen molar-refractivity contribution in [3.63, 3.8) is 0 Å². The molecule has 2 heterocycles. The van der Waals surface area contributed by atoms with Crippen LogP contribution in [0.25, 0.3) is 11.0 Å². The molecule has 2 aromatic heterocycles. The summed E-state index contributed by atoms with van der Waals surface area (Å²) in [5.74, 6) is 0.127. The number of nitrogens with zero attached hydrogens (tertiary/aromatic N) is 2. The third kappa shape index (κ3) is 4.20. The zero-order valence-electron chi connectivity index (χ0n) is 15.9. The molecule has 0 saturated carbocycles. The van der Waals surface area contributed by atoms with Crippen LogP contribution in [0.5, 0.6) is 5.75 Å². The van der Waals surface area contributed by atoms with Crippen molar-refractivity contribution in [1.29, 1.82) is 0 Å². The highest BCUT2D eigenvalue weighted by atomic mass is 32.1. The highest BCUT2D eigenvalue weighted by Gasteiger charge is 2.14. The normalized spacial score (nSPS) is 11.9. The van der Waals surface area contributed by atoms with Crippen LogP contribution in [0.1, 0.15) is 35.7 Å². The van der Waals surface area contributed by atoms with Gasteiger partial charge in [-0.15, -0.1) is 11.3 Å². The number of benzene rings is 2. The highest BCUT2D eigenvalue weighted by Crippen LogP contribution is 2.22. The molecule has 7 heteroatoms. The number of hydrogen-bond acceptors (Lipinski definition) is 6. The Morgan fingerprint density at radius 2 is 1.97 bits per heavy atom. The second-order valence-corrected chi connectivity index (χ2v) is 7.73. The van der Waals surface area contributed by atoms with Crippen LogP contribution in [0.3, 0.4) is 0 Å². The van der Waals surface area contributed by atoms with Gasteiger partial charge >= 0.3 is 0 Å². The first-order valence-corrected chi connectivity index (χ1v) is 10.00. The average molecular weight is 405 g/mol. The number of fused-ring (bicyclic) bond motifs is 1. The Bertz CT molecular complexity index is 1230. The number of amides is 1. The van der Waals surface area contributed by atoms with Gasteiger partial charge in [-0.05, 0) is 41.8 Å². The fraction of sp³-hybridized carbons (Fsp3) is 0.136. The lowest BCUT2D eigenvalue weighted by Gasteiger charge is -2.06. The molecule has 0 aliphatic carbocycles. The van der Waals surface area contributed by atoms with Crippen molar-refractivity contribution in [3.8, 4) is 5.75 Å². The van der Waals surface area contributed by atoms with E-state index in [2.05, 4.69) is 29.1 Å². The number of hydrogen-bond donors (Lipinski definition) is 2. The Kier molecular flexibility index (Phi) is 5.14. The predicted octanol–water partition coefficient (Wildman–Crippen LogP) is 5.20. The van der Waals surface area contributed by atoms with Crippen LogP contribution in [0, 0.1) is 0 Å². The maximum absolute atomic E-state index is 12.9. The summed E-state index contributed by atoms with van der Waals surface area (Å²) in [6.07, 6.45) is 1.62. The Morgan fingerprint density at radius 3 is 2.66 bits per heavy atom. The number of anilines is 1. The summed E-state index contributed by atoms with van der Waals surface area (Å²) in [6, 6.07) is 14.2. The van der Waals surface area contributed by atoms with Gasteiger partial charge in [0.15, 0.2) is 5.13 Å². The topological polar surface area (TPSA) is 87.7 Å². The van der Waals surface area contributed by atoms with Crippen molar-refractivity contribution >= 4 is 39.0 Å². The number of aromatic hydroxyl groups is 1. The van der Waals surface area contributed by atoms with Crippen LogP contribution in [-0.4, -0.2) is 16.0 Å². The molecule has 0 spiro atoms. The minimum Gasteiger partial charge on any atom is -0.508 e. The van der Waals surface area contributed by atoms with Gasteiger partial charge in [0.1, 0.15) is 16.9 Å². The van der Waals surface area contributed by atoms with Crippen LogP contribution < -0.4 is 10.9 Å². The minimum atomic E-state index is -0.365. The molecule has 146 valence electrons. The van der Waals surface area contributed by atoms with Crippen LogP contribution >= 0.6 is 11.3 Å². The molecule has 4 rings (SSSR count). The number of aromatic nitrogens is 1. The molecule has 0 fully saturated rings. The molecule has 0 unspecified atom stereocenters. The molecule has 0 atom stereocenters. The van der Waals surface area contributed by atoms with Crippen molar-refractivity contribution in [3.05, 3.63) is 76.8 Å². The van der Waals surface area contributed by atoms with Crippen molar-refractivity contribution in [2.75, 3.05) is 5.32 Å². The Labute approximate surface area is 171 Å². The highest BCUT2D eigenvalue weighted by molar-refractivity contribution is 7.13. The van der Waals surface area contributed by atoms with E-state index in [4.69, 9.17) is 4.42 Å². The summed E-state index contributed by atoms with van der Waals surface area (Å²) in [4.78, 5) is 21.5. The molecule has 2 N–H and O–H groups in total. The molecule has 6 nitrogen and oxygen atoms in total. The molecule has 4 aromatic rings. The lowest BCUT2D eigenvalue weighted by Crippen LogP contribution is -2.21. The van der Waals surface area contributed by atoms with Crippen molar-refractivity contribution in [1.82, 2.24) is 4.98 Å². The van der Waals surface area contributed by atoms with Crippen molar-refractivity contribution in [2.24, 2.45) is 4.99 Å². The zero-order chi connectivity index (χ0) is 20.4. The van der Waals surface area contributed by atoms with Gasteiger partial charge in [0.25, 0.3) is 5.91 Å². The number of carbonyl (C=O) groups is 1. The van der Waals surface area contributed by atoms with Gasteiger partial charge < -0.3 is 9.52 Å². The van der Waals surface area contributed by atoms with Gasteiger partial charge in [0.2, 0.25) is 5.55 Å². The van der Waals surface area contributed by atoms with Crippen LogP contribution in [-0.2, 0) is 0 Å². The summed E-state index contributed by atoms with van der Waals surface area (Å²) in [6.45, 7) is 4.25. The third-order valence-corrected chi connectivity index (χ3v) is 5.11. The van der Waals surface area contributed by atoms with E-state index < -0.39 is 0 Å². The molecular weight excluding hydrogens is 386 g/mol. The van der Waals surface area contributed by atoms with Gasteiger partial charge in [-0.3, -0.25) is 10.1 Å². The molecule has 0 aliphatic rings. The molecule has 0 bridgehead atoms. The van der Waals surface area contributed by atoms with E-state index in [1.807, 2.05) is 24.3 Å². The van der Waals surface area contributed by atoms with Crippen molar-refractivity contribution in [2.45, 2.75) is 19.8 Å². The van der Waals surface area contributed by atoms with Crippen LogP contribution in [0.4, 0.5) is 10.8 Å². The van der Waals surface area contributed by atoms with E-state index in [0.29, 0.717) is 27.7 Å². The average Bonchev–Trinajstić information content (AvgIpc) is 3.20. The smallest absolute Gasteiger partial charge is 0.262 e. The third-order valence-electron chi connectivity index (χ3n) is 4.42. The monoisotopic (exact) mass is 405 g/mol. The molecule has 2 aromatic carbocycles. The largest absolute Gasteiger partial charge is 0.508 e. The Balaban J connectivity index is 1.83. The van der Waals surface area contributed by atoms with Gasteiger partial charge in [0, 0.05) is 23.0 Å². The summed E-state index contributed by atoms with van der Waals surface area (Å²) < 4.78 is 5.89. The second-order valence-electron chi connectivity index (χ2n) is 6.84. The number of phenols is 1. The predicted molar refractivity (Wildman–Crippen MR) is 114 cm³/mol. The van der Waals surface area contributed by atoms with Gasteiger partial charge in [-0.2, -0.15) is 0 Å². The number of thiazole rings is 1. The fourth-order valence-electron chi connectivity index (χ4n) is 2.85. The summed E-state index contributed by atoms with van der Waals surface area (Å²) in [5.41, 5.74) is 2.75. The number of phenolic OH excluding ortho intramolecular Hbond substituents is 1. The molecule has 1 amide bonds. The number of rotatable bonds is 4. The van der Waals surface area contributed by atoms with Crippen molar-refractivity contribution < 1.29 is 14.3 Å². The first kappa shape index (κ1) is 18.9. The summed E-state index contributed by atoms with van der Waals surface area (Å²) in [7, 11) is 0. The van der Waals surface area contributed by atoms with E-state index in [-0.39, 0.29) is 22.8 Å². The lowest BCUT2D eigenvalue weighted by atomic mass is 10.0. The second kappa shape index (κ2) is 7.89. The van der Waals surface area contributed by atoms with E-state index in [1.165, 1.54) is 23.0 Å². The zero-order valence-corrected chi connectivity index (χ0v) is 16.7. The quantitative estimate of drug-likeness (QED) is 0.488. The Morgan fingerprint density at radius 1 is 1.17 bits per heavy atom. The number of nitrogens with one attached hydrogen (secondary N) is 1. The van der Waals surface area contributed by atoms with Crippen LogP contribution in [0.2, 0.25) is 0 Å². The number of carbonyl (C=O) groups excluding carboxylic acids is 1. The maximum atomic E-state index is 12.9. The van der Waals surface area contributed by atoms with Gasteiger partial charge in [-0.1, -0.05) is 26.0 Å². The van der Waals surface area contributed by atoms with E-state index in [9.17, 15) is 9.90 Å². The first-order valence-electron chi connectivity index (χ1n) is 9.12. The van der Waals surface area contributed by atoms with E-state index in [0.717, 1.165) is 0 Å². The molecule has 0 aliphatic heterocycles. The molecule has 0 radical (unpaired) electrons.